The number of carbonyl (C=O) groups excluding carboxylic acids is 1. The first-order chi connectivity index (χ1) is 7.34. The Labute approximate surface area is 87.9 Å². The molecule has 2 bridgehead atoms. The number of carbonyl (C=O) groups is 1. The van der Waals surface area contributed by atoms with Gasteiger partial charge in [0.15, 0.2) is 0 Å². The second-order valence-electron chi connectivity index (χ2n) is 3.83. The van der Waals surface area contributed by atoms with E-state index in [1.165, 1.54) is 5.06 Å². The van der Waals surface area contributed by atoms with Crippen molar-refractivity contribution in [1.82, 2.24) is 5.06 Å². The maximum atomic E-state index is 12.0. The topological polar surface area (TPSA) is 29.5 Å². The van der Waals surface area contributed by atoms with Gasteiger partial charge in [0.25, 0.3) is 5.91 Å². The van der Waals surface area contributed by atoms with Gasteiger partial charge in [-0.05, 0) is 12.1 Å². The lowest BCUT2D eigenvalue weighted by Gasteiger charge is -2.22. The highest BCUT2D eigenvalue weighted by Gasteiger charge is 2.38. The van der Waals surface area contributed by atoms with Crippen LogP contribution in [0, 0.1) is 0 Å². The molecule has 3 heteroatoms. The van der Waals surface area contributed by atoms with E-state index in [1.807, 2.05) is 30.4 Å². The van der Waals surface area contributed by atoms with Gasteiger partial charge in [-0.1, -0.05) is 30.4 Å². The Kier molecular flexibility index (Phi) is 1.86. The Balaban J connectivity index is 1.85. The summed E-state index contributed by atoms with van der Waals surface area (Å²) in [6.07, 6.45) is 5.05. The molecule has 1 aromatic carbocycles. The Morgan fingerprint density at radius 1 is 1.27 bits per heavy atom. The van der Waals surface area contributed by atoms with Crippen LogP contribution in [0.4, 0.5) is 0 Å². The zero-order chi connectivity index (χ0) is 10.3. The van der Waals surface area contributed by atoms with Crippen molar-refractivity contribution in [3.05, 3.63) is 48.0 Å². The Morgan fingerprint density at radius 2 is 2.07 bits per heavy atom. The predicted octanol–water partition coefficient (Wildman–Crippen LogP) is 1.77. The van der Waals surface area contributed by atoms with Crippen LogP contribution in [0.15, 0.2) is 42.5 Å². The fraction of sp³-hybridized carbons (Fsp3) is 0.250. The summed E-state index contributed by atoms with van der Waals surface area (Å²) in [6.45, 7) is 0. The molecule has 3 rings (SSSR count). The second-order valence-corrected chi connectivity index (χ2v) is 3.83. The summed E-state index contributed by atoms with van der Waals surface area (Å²) in [5.41, 5.74) is 0.679. The molecular weight excluding hydrogens is 190 g/mol. The summed E-state index contributed by atoms with van der Waals surface area (Å²) >= 11 is 0. The van der Waals surface area contributed by atoms with Gasteiger partial charge in [-0.15, -0.1) is 0 Å². The van der Waals surface area contributed by atoms with Crippen LogP contribution in [-0.2, 0) is 4.84 Å². The molecule has 0 unspecified atom stereocenters. The molecule has 1 saturated heterocycles. The van der Waals surface area contributed by atoms with E-state index < -0.39 is 0 Å². The number of nitrogens with zero attached hydrogens (tertiary/aromatic N) is 1. The zero-order valence-electron chi connectivity index (χ0n) is 8.17. The molecule has 0 spiro atoms. The predicted molar refractivity (Wildman–Crippen MR) is 55.0 cm³/mol. The lowest BCUT2D eigenvalue weighted by Crippen LogP contribution is -2.34. The van der Waals surface area contributed by atoms with Crippen LogP contribution >= 0.6 is 0 Å². The van der Waals surface area contributed by atoms with E-state index in [2.05, 4.69) is 0 Å². The van der Waals surface area contributed by atoms with Gasteiger partial charge in [-0.3, -0.25) is 9.63 Å². The van der Waals surface area contributed by atoms with Crippen molar-refractivity contribution in [2.75, 3.05) is 0 Å². The highest BCUT2D eigenvalue weighted by molar-refractivity contribution is 5.94. The van der Waals surface area contributed by atoms with Crippen molar-refractivity contribution in [3.63, 3.8) is 0 Å². The minimum absolute atomic E-state index is 0.0487. The molecule has 1 aliphatic carbocycles. The van der Waals surface area contributed by atoms with E-state index in [4.69, 9.17) is 4.84 Å². The van der Waals surface area contributed by atoms with Gasteiger partial charge in [0, 0.05) is 12.0 Å². The molecule has 1 aliphatic heterocycles. The lowest BCUT2D eigenvalue weighted by atomic mass is 10.2. The second kappa shape index (κ2) is 3.21. The molecule has 76 valence electrons. The van der Waals surface area contributed by atoms with Crippen molar-refractivity contribution >= 4 is 5.91 Å². The molecule has 0 radical (unpaired) electrons. The van der Waals surface area contributed by atoms with Gasteiger partial charge in [0.2, 0.25) is 0 Å². The zero-order valence-corrected chi connectivity index (χ0v) is 8.17. The lowest BCUT2D eigenvalue weighted by molar-refractivity contribution is -0.114. The van der Waals surface area contributed by atoms with Gasteiger partial charge in [-0.25, -0.2) is 5.06 Å². The molecule has 3 nitrogen and oxygen atoms in total. The Hall–Kier alpha value is -1.61. The number of hydrogen-bond donors (Lipinski definition) is 0. The van der Waals surface area contributed by atoms with Crippen molar-refractivity contribution < 1.29 is 9.63 Å². The minimum atomic E-state index is -0.0487. The minimum Gasteiger partial charge on any atom is -0.267 e. The van der Waals surface area contributed by atoms with E-state index in [0.717, 1.165) is 6.42 Å². The standard InChI is InChI=1S/C12H11NO2/c14-12(9-4-2-1-3-5-9)13-10-6-7-11(8-10)15-13/h1-7,10-11H,8H2/t10-,11-/m0/s1. The van der Waals surface area contributed by atoms with E-state index >= 15 is 0 Å². The summed E-state index contributed by atoms with van der Waals surface area (Å²) in [6, 6.07) is 9.35. The SMILES string of the molecule is O=C(c1ccccc1)N1O[C@H]2C=C[C@H]1C2. The molecule has 2 atom stereocenters. The average molecular weight is 201 g/mol. The van der Waals surface area contributed by atoms with Crippen LogP contribution in [0.5, 0.6) is 0 Å². The van der Waals surface area contributed by atoms with E-state index in [0.29, 0.717) is 5.56 Å². The van der Waals surface area contributed by atoms with Gasteiger partial charge >= 0.3 is 0 Å². The van der Waals surface area contributed by atoms with Crippen LogP contribution in [0.25, 0.3) is 0 Å². The summed E-state index contributed by atoms with van der Waals surface area (Å²) in [5, 5.41) is 1.49. The van der Waals surface area contributed by atoms with Crippen molar-refractivity contribution in [1.29, 1.82) is 0 Å². The van der Waals surface area contributed by atoms with Gasteiger partial charge in [-0.2, -0.15) is 0 Å². The number of fused-ring (bicyclic) bond motifs is 2. The Morgan fingerprint density at radius 3 is 2.67 bits per heavy atom. The normalized spacial score (nSPS) is 27.3. The third-order valence-corrected chi connectivity index (χ3v) is 2.79. The van der Waals surface area contributed by atoms with Gasteiger partial charge in [0.1, 0.15) is 6.10 Å². The van der Waals surface area contributed by atoms with Crippen LogP contribution in [0.1, 0.15) is 16.8 Å². The van der Waals surface area contributed by atoms with Crippen molar-refractivity contribution in [2.45, 2.75) is 18.6 Å². The van der Waals surface area contributed by atoms with Crippen molar-refractivity contribution in [2.24, 2.45) is 0 Å². The monoisotopic (exact) mass is 201 g/mol. The van der Waals surface area contributed by atoms with E-state index in [-0.39, 0.29) is 18.1 Å². The first-order valence-electron chi connectivity index (χ1n) is 5.08. The Bertz CT molecular complexity index is 413. The smallest absolute Gasteiger partial charge is 0.267 e. The molecule has 1 fully saturated rings. The summed E-state index contributed by atoms with van der Waals surface area (Å²) in [5.74, 6) is -0.0487. The number of amides is 1. The summed E-state index contributed by atoms with van der Waals surface area (Å²) < 4.78 is 0. The molecule has 0 N–H and O–H groups in total. The fourth-order valence-corrected chi connectivity index (χ4v) is 2.03. The van der Waals surface area contributed by atoms with Gasteiger partial charge in [0.05, 0.1) is 6.04 Å². The summed E-state index contributed by atoms with van der Waals surface area (Å²) in [7, 11) is 0. The van der Waals surface area contributed by atoms with E-state index in [1.54, 1.807) is 12.1 Å². The molecule has 0 aromatic heterocycles. The maximum absolute atomic E-state index is 12.0. The maximum Gasteiger partial charge on any atom is 0.278 e. The van der Waals surface area contributed by atoms with Gasteiger partial charge < -0.3 is 0 Å². The third kappa shape index (κ3) is 1.36. The van der Waals surface area contributed by atoms with Crippen LogP contribution in [0.2, 0.25) is 0 Å². The molecule has 1 heterocycles. The molecule has 0 saturated carbocycles. The largest absolute Gasteiger partial charge is 0.278 e. The fourth-order valence-electron chi connectivity index (χ4n) is 2.03. The molecule has 1 amide bonds. The highest BCUT2D eigenvalue weighted by Crippen LogP contribution is 2.30. The molecule has 15 heavy (non-hydrogen) atoms. The van der Waals surface area contributed by atoms with Crippen LogP contribution in [-0.4, -0.2) is 23.1 Å². The first kappa shape index (κ1) is 8.68. The molecular formula is C12H11NO2. The summed E-state index contributed by atoms with van der Waals surface area (Å²) in [4.78, 5) is 17.5. The van der Waals surface area contributed by atoms with E-state index in [9.17, 15) is 4.79 Å². The van der Waals surface area contributed by atoms with Crippen molar-refractivity contribution in [3.8, 4) is 0 Å². The number of hydroxylamine groups is 2. The number of benzene rings is 1. The quantitative estimate of drug-likeness (QED) is 0.648. The van der Waals surface area contributed by atoms with Crippen LogP contribution < -0.4 is 0 Å². The average Bonchev–Trinajstić information content (AvgIpc) is 2.91. The molecule has 1 aromatic rings. The highest BCUT2D eigenvalue weighted by atomic mass is 16.7. The number of rotatable bonds is 1. The van der Waals surface area contributed by atoms with Crippen LogP contribution in [0.3, 0.4) is 0 Å². The molecule has 2 aliphatic rings. The third-order valence-electron chi connectivity index (χ3n) is 2.79. The number of hydrogen-bond acceptors (Lipinski definition) is 2. The first-order valence-corrected chi connectivity index (χ1v) is 5.08.